The Morgan fingerprint density at radius 2 is 1.80 bits per heavy atom. The maximum atomic E-state index is 6.15. The van der Waals surface area contributed by atoms with E-state index in [9.17, 15) is 0 Å². The normalized spacial score (nSPS) is 11.1. The SMILES string of the molecule is CC(C)OCCCNCc1ccc(OCc2ccc(Cl)cc2Cl)cc1. The quantitative estimate of drug-likeness (QED) is 0.552. The standard InChI is InChI=1S/C20H25Cl2NO2/c1-15(2)24-11-3-10-23-13-16-4-8-19(9-5-16)25-14-17-6-7-18(21)12-20(17)22/h4-9,12,15,23H,3,10-11,13-14H2,1-2H3. The molecular weight excluding hydrogens is 357 g/mol. The third-order valence-corrected chi connectivity index (χ3v) is 4.20. The fourth-order valence-corrected chi connectivity index (χ4v) is 2.72. The van der Waals surface area contributed by atoms with Gasteiger partial charge in [-0.15, -0.1) is 0 Å². The van der Waals surface area contributed by atoms with Crippen molar-refractivity contribution in [1.82, 2.24) is 5.32 Å². The highest BCUT2D eigenvalue weighted by Crippen LogP contribution is 2.22. The Morgan fingerprint density at radius 3 is 2.48 bits per heavy atom. The van der Waals surface area contributed by atoms with E-state index in [1.165, 1.54) is 5.56 Å². The maximum Gasteiger partial charge on any atom is 0.119 e. The molecule has 0 bridgehead atoms. The van der Waals surface area contributed by atoms with Crippen LogP contribution in [0.15, 0.2) is 42.5 Å². The van der Waals surface area contributed by atoms with Crippen LogP contribution < -0.4 is 10.1 Å². The lowest BCUT2D eigenvalue weighted by Crippen LogP contribution is -2.17. The van der Waals surface area contributed by atoms with Crippen LogP contribution in [0.25, 0.3) is 0 Å². The molecule has 0 heterocycles. The lowest BCUT2D eigenvalue weighted by Gasteiger charge is -2.10. The summed E-state index contributed by atoms with van der Waals surface area (Å²) in [5.41, 5.74) is 2.14. The van der Waals surface area contributed by atoms with Gasteiger partial charge in [-0.1, -0.05) is 41.4 Å². The van der Waals surface area contributed by atoms with Crippen molar-refractivity contribution in [3.8, 4) is 5.75 Å². The van der Waals surface area contributed by atoms with Crippen LogP contribution >= 0.6 is 23.2 Å². The average molecular weight is 382 g/mol. The minimum atomic E-state index is 0.301. The van der Waals surface area contributed by atoms with Crippen molar-refractivity contribution in [3.63, 3.8) is 0 Å². The highest BCUT2D eigenvalue weighted by Gasteiger charge is 2.03. The number of halogens is 2. The molecule has 0 atom stereocenters. The van der Waals surface area contributed by atoms with Gasteiger partial charge in [-0.3, -0.25) is 0 Å². The van der Waals surface area contributed by atoms with Crippen LogP contribution in [0.4, 0.5) is 0 Å². The molecule has 2 aromatic carbocycles. The Bertz CT molecular complexity index is 645. The Morgan fingerprint density at radius 1 is 1.04 bits per heavy atom. The number of benzene rings is 2. The summed E-state index contributed by atoms with van der Waals surface area (Å²) in [6.07, 6.45) is 1.32. The highest BCUT2D eigenvalue weighted by atomic mass is 35.5. The van der Waals surface area contributed by atoms with Gasteiger partial charge in [0.05, 0.1) is 6.10 Å². The summed E-state index contributed by atoms with van der Waals surface area (Å²) >= 11 is 12.0. The Hall–Kier alpha value is -1.26. The molecule has 0 aliphatic carbocycles. The van der Waals surface area contributed by atoms with E-state index in [1.807, 2.05) is 24.3 Å². The van der Waals surface area contributed by atoms with Crippen LogP contribution in [-0.2, 0) is 17.9 Å². The summed E-state index contributed by atoms with van der Waals surface area (Å²) in [4.78, 5) is 0. The summed E-state index contributed by atoms with van der Waals surface area (Å²) in [5.74, 6) is 0.820. The van der Waals surface area contributed by atoms with Crippen LogP contribution in [-0.4, -0.2) is 19.3 Å². The molecule has 0 aliphatic heterocycles. The van der Waals surface area contributed by atoms with Crippen molar-refractivity contribution in [1.29, 1.82) is 0 Å². The first-order chi connectivity index (χ1) is 12.0. The summed E-state index contributed by atoms with van der Waals surface area (Å²) < 4.78 is 11.3. The largest absolute Gasteiger partial charge is 0.489 e. The molecule has 0 aliphatic rings. The van der Waals surface area contributed by atoms with Gasteiger partial charge in [-0.05, 0) is 56.6 Å². The molecule has 136 valence electrons. The molecule has 0 unspecified atom stereocenters. The van der Waals surface area contributed by atoms with E-state index in [2.05, 4.69) is 31.3 Å². The number of ether oxygens (including phenoxy) is 2. The minimum absolute atomic E-state index is 0.301. The molecule has 1 N–H and O–H groups in total. The van der Waals surface area contributed by atoms with Crippen LogP contribution in [0.2, 0.25) is 10.0 Å². The Labute approximate surface area is 160 Å². The number of nitrogens with one attached hydrogen (secondary N) is 1. The molecule has 0 radical (unpaired) electrons. The summed E-state index contributed by atoms with van der Waals surface area (Å²) in [6.45, 7) is 7.11. The number of hydrogen-bond donors (Lipinski definition) is 1. The van der Waals surface area contributed by atoms with Crippen molar-refractivity contribution in [3.05, 3.63) is 63.6 Å². The van der Waals surface area contributed by atoms with Gasteiger partial charge < -0.3 is 14.8 Å². The smallest absolute Gasteiger partial charge is 0.119 e. The van der Waals surface area contributed by atoms with E-state index >= 15 is 0 Å². The zero-order chi connectivity index (χ0) is 18.1. The zero-order valence-electron chi connectivity index (χ0n) is 14.7. The molecule has 25 heavy (non-hydrogen) atoms. The van der Waals surface area contributed by atoms with Crippen molar-refractivity contribution >= 4 is 23.2 Å². The zero-order valence-corrected chi connectivity index (χ0v) is 16.2. The van der Waals surface area contributed by atoms with Gasteiger partial charge in [0.1, 0.15) is 12.4 Å². The predicted octanol–water partition coefficient (Wildman–Crippen LogP) is 5.48. The van der Waals surface area contributed by atoms with Crippen LogP contribution in [0.5, 0.6) is 5.75 Å². The van der Waals surface area contributed by atoms with Crippen molar-refractivity contribution in [2.75, 3.05) is 13.2 Å². The van der Waals surface area contributed by atoms with Gasteiger partial charge in [0.15, 0.2) is 0 Å². The van der Waals surface area contributed by atoms with Gasteiger partial charge in [0.2, 0.25) is 0 Å². The summed E-state index contributed by atoms with van der Waals surface area (Å²) in [5, 5.41) is 4.66. The first-order valence-corrected chi connectivity index (χ1v) is 9.28. The molecule has 0 aromatic heterocycles. The molecule has 0 fully saturated rings. The predicted molar refractivity (Wildman–Crippen MR) is 105 cm³/mol. The maximum absolute atomic E-state index is 6.15. The van der Waals surface area contributed by atoms with E-state index in [0.29, 0.717) is 22.8 Å². The molecular formula is C20H25Cl2NO2. The van der Waals surface area contributed by atoms with E-state index in [4.69, 9.17) is 32.7 Å². The van der Waals surface area contributed by atoms with Gasteiger partial charge in [0.25, 0.3) is 0 Å². The highest BCUT2D eigenvalue weighted by molar-refractivity contribution is 6.35. The second kappa shape index (κ2) is 10.7. The monoisotopic (exact) mass is 381 g/mol. The number of rotatable bonds is 10. The van der Waals surface area contributed by atoms with E-state index < -0.39 is 0 Å². The van der Waals surface area contributed by atoms with Crippen LogP contribution in [0, 0.1) is 0 Å². The molecule has 0 spiro atoms. The van der Waals surface area contributed by atoms with Crippen LogP contribution in [0.3, 0.4) is 0 Å². The van der Waals surface area contributed by atoms with Crippen molar-refractivity contribution < 1.29 is 9.47 Å². The molecule has 0 saturated heterocycles. The molecule has 0 saturated carbocycles. The van der Waals surface area contributed by atoms with Gasteiger partial charge >= 0.3 is 0 Å². The van der Waals surface area contributed by atoms with Gasteiger partial charge in [0, 0.05) is 28.8 Å². The third-order valence-electron chi connectivity index (χ3n) is 3.61. The fraction of sp³-hybridized carbons (Fsp3) is 0.400. The molecule has 3 nitrogen and oxygen atoms in total. The minimum Gasteiger partial charge on any atom is -0.489 e. The van der Waals surface area contributed by atoms with Crippen LogP contribution in [0.1, 0.15) is 31.4 Å². The lowest BCUT2D eigenvalue weighted by atomic mass is 10.2. The first kappa shape index (κ1) is 20.1. The third kappa shape index (κ3) is 7.66. The van der Waals surface area contributed by atoms with E-state index in [-0.39, 0.29) is 0 Å². The molecule has 2 rings (SSSR count). The van der Waals surface area contributed by atoms with Gasteiger partial charge in [-0.2, -0.15) is 0 Å². The van der Waals surface area contributed by atoms with E-state index in [0.717, 1.165) is 37.4 Å². The summed E-state index contributed by atoms with van der Waals surface area (Å²) in [7, 11) is 0. The molecule has 5 heteroatoms. The summed E-state index contributed by atoms with van der Waals surface area (Å²) in [6, 6.07) is 13.5. The first-order valence-electron chi connectivity index (χ1n) is 8.52. The topological polar surface area (TPSA) is 30.5 Å². The molecule has 0 amide bonds. The second-order valence-corrected chi connectivity index (χ2v) is 6.96. The lowest BCUT2D eigenvalue weighted by molar-refractivity contribution is 0.0770. The van der Waals surface area contributed by atoms with E-state index in [1.54, 1.807) is 6.07 Å². The van der Waals surface area contributed by atoms with Crippen molar-refractivity contribution in [2.45, 2.75) is 39.5 Å². The Kier molecular flexibility index (Phi) is 8.56. The van der Waals surface area contributed by atoms with Gasteiger partial charge in [-0.25, -0.2) is 0 Å². The van der Waals surface area contributed by atoms with Crippen molar-refractivity contribution in [2.24, 2.45) is 0 Å². The number of hydrogen-bond acceptors (Lipinski definition) is 3. The molecule has 2 aromatic rings. The average Bonchev–Trinajstić information content (AvgIpc) is 2.58. The second-order valence-electron chi connectivity index (χ2n) is 6.12. The Balaban J connectivity index is 1.70. The fourth-order valence-electron chi connectivity index (χ4n) is 2.25.